The third-order valence-electron chi connectivity index (χ3n) is 5.57. The maximum absolute atomic E-state index is 3.83. The molecular formula is C19H30N2. The summed E-state index contributed by atoms with van der Waals surface area (Å²) in [5.41, 5.74) is 3.09. The number of rotatable bonds is 6. The molecule has 1 aromatic rings. The lowest BCUT2D eigenvalue weighted by Crippen LogP contribution is -2.49. The minimum atomic E-state index is 0.501. The zero-order chi connectivity index (χ0) is 14.8. The van der Waals surface area contributed by atoms with E-state index < -0.39 is 0 Å². The lowest BCUT2D eigenvalue weighted by Gasteiger charge is -2.42. The highest BCUT2D eigenvalue weighted by atomic mass is 15.2. The van der Waals surface area contributed by atoms with Crippen LogP contribution in [-0.4, -0.2) is 30.6 Å². The lowest BCUT2D eigenvalue weighted by atomic mass is 9.82. The Hall–Kier alpha value is -0.860. The molecule has 1 saturated carbocycles. The van der Waals surface area contributed by atoms with E-state index >= 15 is 0 Å². The van der Waals surface area contributed by atoms with E-state index in [0.29, 0.717) is 12.1 Å². The summed E-state index contributed by atoms with van der Waals surface area (Å²) >= 11 is 0. The van der Waals surface area contributed by atoms with E-state index in [1.807, 2.05) is 0 Å². The second kappa shape index (κ2) is 6.50. The first kappa shape index (κ1) is 15.1. The molecule has 0 saturated heterocycles. The third-order valence-corrected chi connectivity index (χ3v) is 5.57. The summed E-state index contributed by atoms with van der Waals surface area (Å²) < 4.78 is 0. The Morgan fingerprint density at radius 3 is 2.71 bits per heavy atom. The van der Waals surface area contributed by atoms with E-state index in [9.17, 15) is 0 Å². The maximum Gasteiger partial charge on any atom is 0.0481 e. The molecule has 3 unspecified atom stereocenters. The molecule has 3 atom stereocenters. The molecule has 116 valence electrons. The zero-order valence-electron chi connectivity index (χ0n) is 13.8. The van der Waals surface area contributed by atoms with Crippen LogP contribution < -0.4 is 5.32 Å². The number of nitrogens with zero attached hydrogens (tertiary/aromatic N) is 1. The minimum absolute atomic E-state index is 0.501. The first-order chi connectivity index (χ1) is 10.2. The molecule has 0 heterocycles. The molecule has 2 nitrogen and oxygen atoms in total. The van der Waals surface area contributed by atoms with Crippen molar-refractivity contribution in [3.05, 3.63) is 35.4 Å². The molecule has 0 amide bonds. The van der Waals surface area contributed by atoms with Crippen LogP contribution in [0, 0.1) is 5.92 Å². The molecule has 2 heteroatoms. The standard InChI is InChI=1S/C19H30N2/c1-4-13-20-19-17-8-6-5-7-16(17)11-12-18(19)21(3)14(2)15-9-10-15/h5-8,14-15,18-20H,4,9-13H2,1-3H3. The van der Waals surface area contributed by atoms with Gasteiger partial charge < -0.3 is 5.32 Å². The molecule has 21 heavy (non-hydrogen) atoms. The molecule has 1 N–H and O–H groups in total. The summed E-state index contributed by atoms with van der Waals surface area (Å²) in [6, 6.07) is 10.9. The summed E-state index contributed by atoms with van der Waals surface area (Å²) in [5.74, 6) is 0.944. The van der Waals surface area contributed by atoms with Crippen molar-refractivity contribution in [3.8, 4) is 0 Å². The van der Waals surface area contributed by atoms with Gasteiger partial charge in [-0.25, -0.2) is 0 Å². The Morgan fingerprint density at radius 1 is 1.24 bits per heavy atom. The molecule has 0 bridgehead atoms. The van der Waals surface area contributed by atoms with Crippen molar-refractivity contribution in [2.24, 2.45) is 5.92 Å². The minimum Gasteiger partial charge on any atom is -0.309 e. The largest absolute Gasteiger partial charge is 0.309 e. The van der Waals surface area contributed by atoms with Crippen LogP contribution in [0.4, 0.5) is 0 Å². The fourth-order valence-electron chi connectivity index (χ4n) is 3.94. The molecule has 3 rings (SSSR count). The second-order valence-electron chi connectivity index (χ2n) is 6.98. The van der Waals surface area contributed by atoms with Crippen LogP contribution in [0.1, 0.15) is 56.7 Å². The van der Waals surface area contributed by atoms with Gasteiger partial charge in [0.25, 0.3) is 0 Å². The fraction of sp³-hybridized carbons (Fsp3) is 0.684. The number of nitrogens with one attached hydrogen (secondary N) is 1. The monoisotopic (exact) mass is 286 g/mol. The second-order valence-corrected chi connectivity index (χ2v) is 6.98. The highest BCUT2D eigenvalue weighted by molar-refractivity contribution is 5.34. The number of hydrogen-bond acceptors (Lipinski definition) is 2. The van der Waals surface area contributed by atoms with E-state index in [4.69, 9.17) is 0 Å². The average molecular weight is 286 g/mol. The number of aryl methyl sites for hydroxylation is 1. The molecular weight excluding hydrogens is 256 g/mol. The number of hydrogen-bond donors (Lipinski definition) is 1. The third kappa shape index (κ3) is 3.17. The fourth-order valence-corrected chi connectivity index (χ4v) is 3.94. The number of fused-ring (bicyclic) bond motifs is 1. The summed E-state index contributed by atoms with van der Waals surface area (Å²) in [7, 11) is 2.35. The average Bonchev–Trinajstić information content (AvgIpc) is 3.36. The maximum atomic E-state index is 3.83. The topological polar surface area (TPSA) is 15.3 Å². The summed E-state index contributed by atoms with van der Waals surface area (Å²) in [6.45, 7) is 5.80. The van der Waals surface area contributed by atoms with Gasteiger partial charge in [-0.1, -0.05) is 31.2 Å². The van der Waals surface area contributed by atoms with Crippen LogP contribution in [0.3, 0.4) is 0 Å². The molecule has 0 spiro atoms. The van der Waals surface area contributed by atoms with Gasteiger partial charge in [-0.2, -0.15) is 0 Å². The molecule has 2 aliphatic rings. The van der Waals surface area contributed by atoms with Crippen molar-refractivity contribution in [1.29, 1.82) is 0 Å². The van der Waals surface area contributed by atoms with Crippen LogP contribution in [0.2, 0.25) is 0 Å². The normalized spacial score (nSPS) is 26.7. The van der Waals surface area contributed by atoms with Gasteiger partial charge in [0.05, 0.1) is 0 Å². The first-order valence-electron chi connectivity index (χ1n) is 8.75. The molecule has 1 aromatic carbocycles. The predicted molar refractivity (Wildman–Crippen MR) is 89.5 cm³/mol. The SMILES string of the molecule is CCCNC1c2ccccc2CCC1N(C)C(C)C1CC1. The van der Waals surface area contributed by atoms with Crippen LogP contribution in [0.15, 0.2) is 24.3 Å². The van der Waals surface area contributed by atoms with Crippen molar-refractivity contribution in [1.82, 2.24) is 10.2 Å². The number of benzene rings is 1. The van der Waals surface area contributed by atoms with E-state index in [1.165, 1.54) is 37.7 Å². The quantitative estimate of drug-likeness (QED) is 0.856. The highest BCUT2D eigenvalue weighted by Gasteiger charge is 2.38. The van der Waals surface area contributed by atoms with Crippen molar-refractivity contribution in [3.63, 3.8) is 0 Å². The first-order valence-corrected chi connectivity index (χ1v) is 8.75. The van der Waals surface area contributed by atoms with Gasteiger partial charge in [-0.3, -0.25) is 4.90 Å². The van der Waals surface area contributed by atoms with E-state index in [0.717, 1.165) is 18.5 Å². The van der Waals surface area contributed by atoms with Gasteiger partial charge in [0, 0.05) is 18.1 Å². The van der Waals surface area contributed by atoms with E-state index in [-0.39, 0.29) is 0 Å². The van der Waals surface area contributed by atoms with Gasteiger partial charge >= 0.3 is 0 Å². The van der Waals surface area contributed by atoms with Crippen LogP contribution in [0.25, 0.3) is 0 Å². The Morgan fingerprint density at radius 2 is 2.00 bits per heavy atom. The Bertz CT molecular complexity index is 466. The Balaban J connectivity index is 1.81. The predicted octanol–water partition coefficient (Wildman–Crippen LogP) is 3.77. The van der Waals surface area contributed by atoms with Gasteiger partial charge in [0.2, 0.25) is 0 Å². The molecule has 0 aromatic heterocycles. The van der Waals surface area contributed by atoms with Crippen molar-refractivity contribution in [2.75, 3.05) is 13.6 Å². The molecule has 2 aliphatic carbocycles. The van der Waals surface area contributed by atoms with Crippen LogP contribution >= 0.6 is 0 Å². The van der Waals surface area contributed by atoms with Crippen LogP contribution in [0.5, 0.6) is 0 Å². The molecule has 1 fully saturated rings. The Kier molecular flexibility index (Phi) is 4.66. The van der Waals surface area contributed by atoms with E-state index in [1.54, 1.807) is 5.56 Å². The molecule has 0 radical (unpaired) electrons. The van der Waals surface area contributed by atoms with Crippen molar-refractivity contribution < 1.29 is 0 Å². The van der Waals surface area contributed by atoms with Crippen LogP contribution in [-0.2, 0) is 6.42 Å². The van der Waals surface area contributed by atoms with Gasteiger partial charge in [-0.15, -0.1) is 0 Å². The smallest absolute Gasteiger partial charge is 0.0481 e. The van der Waals surface area contributed by atoms with Crippen molar-refractivity contribution in [2.45, 2.75) is 64.1 Å². The van der Waals surface area contributed by atoms with Gasteiger partial charge in [0.15, 0.2) is 0 Å². The zero-order valence-corrected chi connectivity index (χ0v) is 13.8. The van der Waals surface area contributed by atoms with Gasteiger partial charge in [-0.05, 0) is 69.7 Å². The molecule has 0 aliphatic heterocycles. The summed E-state index contributed by atoms with van der Waals surface area (Å²) in [5, 5.41) is 3.83. The lowest BCUT2D eigenvalue weighted by molar-refractivity contribution is 0.119. The van der Waals surface area contributed by atoms with Gasteiger partial charge in [0.1, 0.15) is 0 Å². The summed E-state index contributed by atoms with van der Waals surface area (Å²) in [4.78, 5) is 2.67. The summed E-state index contributed by atoms with van der Waals surface area (Å²) in [6.07, 6.45) is 6.58. The number of likely N-dealkylation sites (N-methyl/N-ethyl adjacent to an activating group) is 1. The Labute approximate surface area is 129 Å². The highest BCUT2D eigenvalue weighted by Crippen LogP contribution is 2.39. The van der Waals surface area contributed by atoms with E-state index in [2.05, 4.69) is 55.4 Å². The van der Waals surface area contributed by atoms with Crippen molar-refractivity contribution >= 4 is 0 Å².